The van der Waals surface area contributed by atoms with Gasteiger partial charge < -0.3 is 11.1 Å². The largest absolute Gasteiger partial charge is 0.395 e. The van der Waals surface area contributed by atoms with Crippen LogP contribution in [0.3, 0.4) is 0 Å². The topological polar surface area (TPSA) is 38.0 Å². The second kappa shape index (κ2) is 4.45. The van der Waals surface area contributed by atoms with Gasteiger partial charge in [-0.3, -0.25) is 0 Å². The van der Waals surface area contributed by atoms with E-state index >= 15 is 0 Å². The molecule has 0 spiro atoms. The lowest BCUT2D eigenvalue weighted by molar-refractivity contribution is 0.633. The summed E-state index contributed by atoms with van der Waals surface area (Å²) in [5.74, 6) is -0.403. The zero-order valence-corrected chi connectivity index (χ0v) is 9.92. The summed E-state index contributed by atoms with van der Waals surface area (Å²) in [4.78, 5) is 0. The van der Waals surface area contributed by atoms with Gasteiger partial charge in [0, 0.05) is 5.69 Å². The molecule has 0 saturated carbocycles. The number of hydrogen-bond acceptors (Lipinski definition) is 2. The van der Waals surface area contributed by atoms with E-state index < -0.39 is 5.82 Å². The molecule has 17 heavy (non-hydrogen) atoms. The van der Waals surface area contributed by atoms with Crippen LogP contribution in [0.1, 0.15) is 11.1 Å². The summed E-state index contributed by atoms with van der Waals surface area (Å²) in [6, 6.07) is 10.8. The Hall–Kier alpha value is -2.03. The number of anilines is 3. The Morgan fingerprint density at radius 3 is 2.35 bits per heavy atom. The zero-order valence-electron chi connectivity index (χ0n) is 9.92. The predicted molar refractivity (Wildman–Crippen MR) is 70.0 cm³/mol. The lowest BCUT2D eigenvalue weighted by Crippen LogP contribution is -1.99. The van der Waals surface area contributed by atoms with Crippen molar-refractivity contribution in [2.45, 2.75) is 13.8 Å². The number of hydrogen-bond donors (Lipinski definition) is 2. The fourth-order valence-electron chi connectivity index (χ4n) is 1.85. The molecule has 0 radical (unpaired) electrons. The third kappa shape index (κ3) is 2.56. The van der Waals surface area contributed by atoms with Gasteiger partial charge in [0.1, 0.15) is 5.82 Å². The maximum atomic E-state index is 13.3. The molecule has 0 fully saturated rings. The number of para-hydroxylation sites is 1. The highest BCUT2D eigenvalue weighted by molar-refractivity contribution is 5.73. The second-order valence-electron chi connectivity index (χ2n) is 4.20. The van der Waals surface area contributed by atoms with Crippen molar-refractivity contribution in [2.75, 3.05) is 11.1 Å². The van der Waals surface area contributed by atoms with Crippen LogP contribution in [0.4, 0.5) is 21.5 Å². The molecule has 0 atom stereocenters. The first-order valence-corrected chi connectivity index (χ1v) is 5.45. The number of aryl methyl sites for hydroxylation is 2. The lowest BCUT2D eigenvalue weighted by atomic mass is 10.1. The average Bonchev–Trinajstić information content (AvgIpc) is 2.23. The standard InChI is InChI=1S/C14H15FN2/c1-9-6-10(2)8-11(7-9)17-13-5-3-4-12(15)14(13)16/h3-8,17H,16H2,1-2H3. The van der Waals surface area contributed by atoms with Gasteiger partial charge in [-0.25, -0.2) is 4.39 Å². The van der Waals surface area contributed by atoms with E-state index in [0.29, 0.717) is 5.69 Å². The Morgan fingerprint density at radius 2 is 1.71 bits per heavy atom. The SMILES string of the molecule is Cc1cc(C)cc(Nc2cccc(F)c2N)c1. The van der Waals surface area contributed by atoms with Gasteiger partial charge in [0.05, 0.1) is 11.4 Å². The molecule has 0 unspecified atom stereocenters. The van der Waals surface area contributed by atoms with Crippen molar-refractivity contribution in [3.05, 3.63) is 53.3 Å². The zero-order chi connectivity index (χ0) is 12.4. The molecule has 3 heteroatoms. The van der Waals surface area contributed by atoms with Crippen molar-refractivity contribution in [2.24, 2.45) is 0 Å². The molecule has 2 nitrogen and oxygen atoms in total. The van der Waals surface area contributed by atoms with Crippen molar-refractivity contribution >= 4 is 17.1 Å². The molecular formula is C14H15FN2. The smallest absolute Gasteiger partial charge is 0.148 e. The van der Waals surface area contributed by atoms with Gasteiger partial charge in [0.25, 0.3) is 0 Å². The van der Waals surface area contributed by atoms with Crippen LogP contribution in [-0.4, -0.2) is 0 Å². The third-order valence-electron chi connectivity index (χ3n) is 2.55. The fraction of sp³-hybridized carbons (Fsp3) is 0.143. The lowest BCUT2D eigenvalue weighted by Gasteiger charge is -2.11. The minimum absolute atomic E-state index is 0.145. The molecule has 0 heterocycles. The van der Waals surface area contributed by atoms with E-state index in [9.17, 15) is 4.39 Å². The number of nitrogens with two attached hydrogens (primary N) is 1. The first-order chi connectivity index (χ1) is 8.06. The monoisotopic (exact) mass is 230 g/mol. The van der Waals surface area contributed by atoms with Crippen LogP contribution < -0.4 is 11.1 Å². The molecule has 0 aliphatic rings. The summed E-state index contributed by atoms with van der Waals surface area (Å²) in [7, 11) is 0. The summed E-state index contributed by atoms with van der Waals surface area (Å²) < 4.78 is 13.3. The molecule has 2 rings (SSSR count). The molecule has 0 amide bonds. The Morgan fingerprint density at radius 1 is 1.06 bits per heavy atom. The van der Waals surface area contributed by atoms with E-state index in [4.69, 9.17) is 5.73 Å². The highest BCUT2D eigenvalue weighted by Crippen LogP contribution is 2.26. The van der Waals surface area contributed by atoms with Gasteiger partial charge >= 0.3 is 0 Å². The van der Waals surface area contributed by atoms with Crippen LogP contribution in [-0.2, 0) is 0 Å². The molecule has 88 valence electrons. The minimum atomic E-state index is -0.403. The van der Waals surface area contributed by atoms with Crippen molar-refractivity contribution < 1.29 is 4.39 Å². The van der Waals surface area contributed by atoms with Crippen molar-refractivity contribution in [3.63, 3.8) is 0 Å². The number of halogens is 1. The van der Waals surface area contributed by atoms with Crippen molar-refractivity contribution in [1.82, 2.24) is 0 Å². The minimum Gasteiger partial charge on any atom is -0.395 e. The second-order valence-corrected chi connectivity index (χ2v) is 4.20. The van der Waals surface area contributed by atoms with Crippen LogP contribution in [0, 0.1) is 19.7 Å². The molecule has 3 N–H and O–H groups in total. The molecular weight excluding hydrogens is 215 g/mol. The highest BCUT2D eigenvalue weighted by atomic mass is 19.1. The van der Waals surface area contributed by atoms with E-state index in [2.05, 4.69) is 11.4 Å². The molecule has 2 aromatic rings. The van der Waals surface area contributed by atoms with E-state index in [1.165, 1.54) is 6.07 Å². The molecule has 0 aromatic heterocycles. The van der Waals surface area contributed by atoms with Crippen LogP contribution in [0.5, 0.6) is 0 Å². The maximum absolute atomic E-state index is 13.3. The summed E-state index contributed by atoms with van der Waals surface area (Å²) in [5, 5.41) is 3.13. The van der Waals surface area contributed by atoms with E-state index in [0.717, 1.165) is 16.8 Å². The number of benzene rings is 2. The van der Waals surface area contributed by atoms with Gasteiger partial charge in [-0.05, 0) is 49.2 Å². The number of rotatable bonds is 2. The molecule has 0 saturated heterocycles. The van der Waals surface area contributed by atoms with Gasteiger partial charge in [-0.2, -0.15) is 0 Å². The van der Waals surface area contributed by atoms with Gasteiger partial charge in [-0.15, -0.1) is 0 Å². The summed E-state index contributed by atoms with van der Waals surface area (Å²) >= 11 is 0. The van der Waals surface area contributed by atoms with E-state index in [1.54, 1.807) is 12.1 Å². The summed E-state index contributed by atoms with van der Waals surface area (Å²) in [6.45, 7) is 4.04. The Bertz CT molecular complexity index is 530. The predicted octanol–water partition coefficient (Wildman–Crippen LogP) is 3.77. The van der Waals surface area contributed by atoms with Crippen LogP contribution in [0.2, 0.25) is 0 Å². The van der Waals surface area contributed by atoms with E-state index in [1.807, 2.05) is 26.0 Å². The highest BCUT2D eigenvalue weighted by Gasteiger charge is 2.04. The van der Waals surface area contributed by atoms with Gasteiger partial charge in [0.2, 0.25) is 0 Å². The summed E-state index contributed by atoms with van der Waals surface area (Å²) in [5.41, 5.74) is 9.63. The number of nitrogens with one attached hydrogen (secondary N) is 1. The number of nitrogen functional groups attached to an aromatic ring is 1. The molecule has 0 aliphatic carbocycles. The molecule has 0 aliphatic heterocycles. The normalized spacial score (nSPS) is 10.3. The van der Waals surface area contributed by atoms with Crippen LogP contribution in [0.15, 0.2) is 36.4 Å². The van der Waals surface area contributed by atoms with Crippen LogP contribution in [0.25, 0.3) is 0 Å². The average molecular weight is 230 g/mol. The third-order valence-corrected chi connectivity index (χ3v) is 2.55. The van der Waals surface area contributed by atoms with Crippen molar-refractivity contribution in [3.8, 4) is 0 Å². The first kappa shape index (κ1) is 11.5. The van der Waals surface area contributed by atoms with Crippen molar-refractivity contribution in [1.29, 1.82) is 0 Å². The Labute approximate surface area is 100 Å². The fourth-order valence-corrected chi connectivity index (χ4v) is 1.85. The molecule has 0 bridgehead atoms. The van der Waals surface area contributed by atoms with Gasteiger partial charge in [-0.1, -0.05) is 12.1 Å². The van der Waals surface area contributed by atoms with Gasteiger partial charge in [0.15, 0.2) is 0 Å². The Kier molecular flexibility index (Phi) is 3.00. The molecule has 2 aromatic carbocycles. The maximum Gasteiger partial charge on any atom is 0.148 e. The van der Waals surface area contributed by atoms with E-state index in [-0.39, 0.29) is 5.69 Å². The quantitative estimate of drug-likeness (QED) is 0.771. The van der Waals surface area contributed by atoms with Crippen LogP contribution >= 0.6 is 0 Å². The Balaban J connectivity index is 2.34. The summed E-state index contributed by atoms with van der Waals surface area (Å²) in [6.07, 6.45) is 0. The first-order valence-electron chi connectivity index (χ1n) is 5.45.